The van der Waals surface area contributed by atoms with Crippen molar-refractivity contribution in [3.8, 4) is 0 Å². The van der Waals surface area contributed by atoms with E-state index in [9.17, 15) is 14.4 Å². The fourth-order valence-corrected chi connectivity index (χ4v) is 6.20. The molecule has 2 N–H and O–H groups in total. The third kappa shape index (κ3) is 6.51. The Morgan fingerprint density at radius 3 is 2.69 bits per heavy atom. The molecule has 1 fully saturated rings. The van der Waals surface area contributed by atoms with Crippen molar-refractivity contribution in [1.29, 1.82) is 0 Å². The summed E-state index contributed by atoms with van der Waals surface area (Å²) in [6.45, 7) is 10.3. The van der Waals surface area contributed by atoms with E-state index in [0.29, 0.717) is 56.1 Å². The summed E-state index contributed by atoms with van der Waals surface area (Å²) in [6.07, 6.45) is 9.32. The number of aromatic amines is 2. The lowest BCUT2D eigenvalue weighted by Gasteiger charge is -2.34. The number of rotatable bonds is 6. The van der Waals surface area contributed by atoms with Crippen LogP contribution in [0.5, 0.6) is 0 Å². The van der Waals surface area contributed by atoms with Crippen molar-refractivity contribution < 1.29 is 9.59 Å². The molecular weight excluding hydrogens is 552 g/mol. The Morgan fingerprint density at radius 2 is 1.98 bits per heavy atom. The van der Waals surface area contributed by atoms with Gasteiger partial charge in [-0.25, -0.2) is 4.98 Å². The molecule has 5 heterocycles. The number of fused-ring (bicyclic) bond motifs is 1. The minimum absolute atomic E-state index is 0.00195. The molecule has 3 aromatic rings. The van der Waals surface area contributed by atoms with Crippen LogP contribution < -0.4 is 5.56 Å². The van der Waals surface area contributed by atoms with Gasteiger partial charge in [-0.3, -0.25) is 19.5 Å². The Balaban J connectivity index is 1.30. The smallest absolute Gasteiger partial charge is 0.253 e. The highest BCUT2D eigenvalue weighted by Crippen LogP contribution is 2.33. The van der Waals surface area contributed by atoms with Gasteiger partial charge in [-0.2, -0.15) is 5.10 Å². The number of carbonyl (C=O) groups is 2. The van der Waals surface area contributed by atoms with Crippen molar-refractivity contribution in [2.45, 2.75) is 59.3 Å². The van der Waals surface area contributed by atoms with Gasteiger partial charge in [0, 0.05) is 55.3 Å². The number of hydrogen-bond donors (Lipinski definition) is 2. The number of pyridine rings is 2. The number of amides is 2. The lowest BCUT2D eigenvalue weighted by Crippen LogP contribution is -2.44. The maximum atomic E-state index is 13.8. The Hall–Kier alpha value is -3.72. The molecule has 0 radical (unpaired) electrons. The molecule has 222 valence electrons. The summed E-state index contributed by atoms with van der Waals surface area (Å²) in [4.78, 5) is 51.0. The molecule has 1 saturated heterocycles. The van der Waals surface area contributed by atoms with Crippen molar-refractivity contribution >= 4 is 45.1 Å². The van der Waals surface area contributed by atoms with Gasteiger partial charge in [-0.05, 0) is 61.3 Å². The summed E-state index contributed by atoms with van der Waals surface area (Å²) >= 11 is 6.45. The minimum atomic E-state index is -0.446. The first-order chi connectivity index (χ1) is 20.0. The molecule has 0 saturated carbocycles. The van der Waals surface area contributed by atoms with Gasteiger partial charge in [0.05, 0.1) is 22.8 Å². The number of halogens is 1. The number of aromatic nitrogens is 4. The number of hydrogen-bond acceptors (Lipinski definition) is 5. The van der Waals surface area contributed by atoms with Gasteiger partial charge in [0.25, 0.3) is 5.56 Å². The van der Waals surface area contributed by atoms with Gasteiger partial charge in [0.1, 0.15) is 5.65 Å². The largest absolute Gasteiger partial charge is 0.343 e. The predicted octanol–water partition coefficient (Wildman–Crippen LogP) is 5.32. The SMILES string of the molecule is C/C=C(/Cl)c1[nH]ncc1C1=CC[C@@H](CC(=O)N2CCC(c3cc4cccnc4[nH]c3=O)CC2)C(=O)N(CC(C)(C)C)C1. The number of H-pyrrole nitrogens is 2. The molecule has 3 aromatic heterocycles. The number of likely N-dealkylation sites (tertiary alicyclic amines) is 1. The number of nitrogens with zero attached hydrogens (tertiary/aromatic N) is 4. The van der Waals surface area contributed by atoms with E-state index in [4.69, 9.17) is 11.6 Å². The standard InChI is InChI=1S/C32H39ClN6O3/c1-5-26(33)28-25(17-35-37-28)23-9-8-22(31(42)39(18-23)19-32(2,3)4)16-27(40)38-13-10-20(11-14-38)24-15-21-7-6-12-34-29(21)36-30(24)41/h5-7,9,12,15,17,20,22H,8,10-11,13-14,16,18-19H2,1-4H3,(H,35,37)(H,34,36,41)/b26-5+/t22-/m0/s1. The molecule has 10 heteroatoms. The summed E-state index contributed by atoms with van der Waals surface area (Å²) in [5.41, 5.74) is 3.67. The van der Waals surface area contributed by atoms with E-state index in [1.807, 2.05) is 41.0 Å². The molecule has 1 atom stereocenters. The van der Waals surface area contributed by atoms with Crippen LogP contribution in [-0.4, -0.2) is 68.0 Å². The summed E-state index contributed by atoms with van der Waals surface area (Å²) in [5, 5.41) is 8.67. The molecule has 2 aliphatic heterocycles. The highest BCUT2D eigenvalue weighted by atomic mass is 35.5. The van der Waals surface area contributed by atoms with Crippen LogP contribution >= 0.6 is 11.6 Å². The van der Waals surface area contributed by atoms with E-state index in [0.717, 1.165) is 27.8 Å². The second-order valence-corrected chi connectivity index (χ2v) is 13.0. The summed E-state index contributed by atoms with van der Waals surface area (Å²) in [6, 6.07) is 5.72. The molecule has 9 nitrogen and oxygen atoms in total. The summed E-state index contributed by atoms with van der Waals surface area (Å²) < 4.78 is 0. The highest BCUT2D eigenvalue weighted by Gasteiger charge is 2.34. The minimum Gasteiger partial charge on any atom is -0.343 e. The maximum absolute atomic E-state index is 13.8. The predicted molar refractivity (Wildman–Crippen MR) is 166 cm³/mol. The first-order valence-electron chi connectivity index (χ1n) is 14.6. The van der Waals surface area contributed by atoms with Crippen LogP contribution in [0.4, 0.5) is 0 Å². The van der Waals surface area contributed by atoms with Crippen molar-refractivity contribution in [3.63, 3.8) is 0 Å². The first-order valence-corrected chi connectivity index (χ1v) is 15.0. The number of piperidine rings is 1. The summed E-state index contributed by atoms with van der Waals surface area (Å²) in [7, 11) is 0. The molecule has 0 unspecified atom stereocenters. The topological polar surface area (TPSA) is 115 Å². The normalized spacial score (nSPS) is 19.3. The third-order valence-corrected chi connectivity index (χ3v) is 8.57. The molecule has 2 amide bonds. The number of nitrogens with one attached hydrogen (secondary N) is 2. The van der Waals surface area contributed by atoms with Gasteiger partial charge < -0.3 is 14.8 Å². The monoisotopic (exact) mass is 590 g/mol. The molecule has 0 spiro atoms. The number of carbonyl (C=O) groups excluding carboxylic acids is 2. The second-order valence-electron chi connectivity index (χ2n) is 12.6. The zero-order chi connectivity index (χ0) is 30.0. The van der Waals surface area contributed by atoms with Crippen molar-refractivity contribution in [3.05, 3.63) is 69.9 Å². The highest BCUT2D eigenvalue weighted by molar-refractivity contribution is 6.48. The van der Waals surface area contributed by atoms with Gasteiger partial charge >= 0.3 is 0 Å². The van der Waals surface area contributed by atoms with Crippen LogP contribution in [0.2, 0.25) is 0 Å². The molecule has 0 aliphatic carbocycles. The fourth-order valence-electron chi connectivity index (χ4n) is 6.05. The summed E-state index contributed by atoms with van der Waals surface area (Å²) in [5.74, 6) is -0.392. The van der Waals surface area contributed by atoms with E-state index in [1.165, 1.54) is 0 Å². The Morgan fingerprint density at radius 1 is 1.21 bits per heavy atom. The van der Waals surface area contributed by atoms with Crippen molar-refractivity contribution in [2.24, 2.45) is 11.3 Å². The fraction of sp³-hybridized carbons (Fsp3) is 0.469. The van der Waals surface area contributed by atoms with Gasteiger partial charge in [0.2, 0.25) is 11.8 Å². The molecule has 42 heavy (non-hydrogen) atoms. The van der Waals surface area contributed by atoms with Crippen LogP contribution in [-0.2, 0) is 9.59 Å². The lowest BCUT2D eigenvalue weighted by molar-refractivity contribution is -0.141. The zero-order valence-electron chi connectivity index (χ0n) is 24.7. The van der Waals surface area contributed by atoms with E-state index in [-0.39, 0.29) is 35.1 Å². The van der Waals surface area contributed by atoms with Crippen molar-refractivity contribution in [1.82, 2.24) is 30.0 Å². The van der Waals surface area contributed by atoms with Crippen LogP contribution in [0.1, 0.15) is 76.1 Å². The van der Waals surface area contributed by atoms with E-state index >= 15 is 0 Å². The van der Waals surface area contributed by atoms with E-state index in [2.05, 4.69) is 47.0 Å². The molecular formula is C32H39ClN6O3. The van der Waals surface area contributed by atoms with Crippen LogP contribution in [0.3, 0.4) is 0 Å². The quantitative estimate of drug-likeness (QED) is 0.403. The van der Waals surface area contributed by atoms with Crippen molar-refractivity contribution in [2.75, 3.05) is 26.2 Å². The van der Waals surface area contributed by atoms with E-state index < -0.39 is 5.92 Å². The Bertz CT molecular complexity index is 1590. The van der Waals surface area contributed by atoms with Gasteiger partial charge in [0.15, 0.2) is 0 Å². The Labute approximate surface area is 251 Å². The lowest BCUT2D eigenvalue weighted by atomic mass is 9.89. The van der Waals surface area contributed by atoms with Crippen LogP contribution in [0.25, 0.3) is 21.6 Å². The third-order valence-electron chi connectivity index (χ3n) is 8.17. The molecule has 5 rings (SSSR count). The molecule has 0 aromatic carbocycles. The average molecular weight is 591 g/mol. The second kappa shape index (κ2) is 12.3. The van der Waals surface area contributed by atoms with Crippen LogP contribution in [0.15, 0.2) is 47.5 Å². The maximum Gasteiger partial charge on any atom is 0.253 e. The molecule has 0 bridgehead atoms. The van der Waals surface area contributed by atoms with Gasteiger partial charge in [-0.15, -0.1) is 0 Å². The van der Waals surface area contributed by atoms with E-state index in [1.54, 1.807) is 12.4 Å². The first kappa shape index (κ1) is 29.8. The molecule has 2 aliphatic rings. The van der Waals surface area contributed by atoms with Gasteiger partial charge in [-0.1, -0.05) is 44.5 Å². The number of allylic oxidation sites excluding steroid dienone is 2. The Kier molecular flexibility index (Phi) is 8.68. The zero-order valence-corrected chi connectivity index (χ0v) is 25.5. The average Bonchev–Trinajstić information content (AvgIpc) is 3.41. The van der Waals surface area contributed by atoms with Crippen LogP contribution in [0, 0.1) is 11.3 Å².